The summed E-state index contributed by atoms with van der Waals surface area (Å²) in [5.74, 6) is -0.386. The first-order valence-electron chi connectivity index (χ1n) is 7.15. The van der Waals surface area contributed by atoms with Crippen molar-refractivity contribution in [3.8, 4) is 0 Å². The van der Waals surface area contributed by atoms with Gasteiger partial charge in [0.1, 0.15) is 5.69 Å². The van der Waals surface area contributed by atoms with Crippen molar-refractivity contribution in [1.82, 2.24) is 10.3 Å². The van der Waals surface area contributed by atoms with Gasteiger partial charge < -0.3 is 15.4 Å². The fourth-order valence-electron chi connectivity index (χ4n) is 3.23. The number of amides is 1. The molecular formula is C15H20N2O3. The summed E-state index contributed by atoms with van der Waals surface area (Å²) in [5, 5.41) is 12.1. The zero-order valence-corrected chi connectivity index (χ0v) is 11.9. The predicted molar refractivity (Wildman–Crippen MR) is 74.0 cm³/mol. The van der Waals surface area contributed by atoms with E-state index < -0.39 is 5.97 Å². The summed E-state index contributed by atoms with van der Waals surface area (Å²) in [6.45, 7) is 4.14. The summed E-state index contributed by atoms with van der Waals surface area (Å²) < 4.78 is 0. The number of aryl methyl sites for hydroxylation is 1. The van der Waals surface area contributed by atoms with E-state index in [9.17, 15) is 9.59 Å². The van der Waals surface area contributed by atoms with Gasteiger partial charge >= 0.3 is 5.97 Å². The van der Waals surface area contributed by atoms with Crippen molar-refractivity contribution in [2.75, 3.05) is 6.54 Å². The maximum Gasteiger partial charge on any atom is 0.352 e. The molecule has 0 aromatic carbocycles. The third-order valence-electron chi connectivity index (χ3n) is 4.82. The Morgan fingerprint density at radius 1 is 1.35 bits per heavy atom. The van der Waals surface area contributed by atoms with Crippen LogP contribution < -0.4 is 5.32 Å². The minimum atomic E-state index is -1.03. The van der Waals surface area contributed by atoms with Crippen LogP contribution in [0.25, 0.3) is 0 Å². The number of aromatic amines is 1. The molecule has 2 fully saturated rings. The Bertz CT molecular complexity index is 580. The van der Waals surface area contributed by atoms with Crippen LogP contribution in [0, 0.1) is 25.2 Å². The molecule has 3 N–H and O–H groups in total. The molecule has 0 bridgehead atoms. The normalized spacial score (nSPS) is 19.7. The highest BCUT2D eigenvalue weighted by Crippen LogP contribution is 2.60. The standard InChI is InChI=1S/C15H20N2O3/c1-8-11(9(2)17-12(8)14(19)20)13(18)16-7-15(5-6-15)10-3-4-10/h10,17H,3-7H2,1-2H3,(H,16,18)(H,19,20). The van der Waals surface area contributed by atoms with Crippen molar-refractivity contribution < 1.29 is 14.7 Å². The Morgan fingerprint density at radius 2 is 2.00 bits per heavy atom. The minimum Gasteiger partial charge on any atom is -0.477 e. The third kappa shape index (κ3) is 2.11. The van der Waals surface area contributed by atoms with Gasteiger partial charge in [-0.3, -0.25) is 4.79 Å². The average molecular weight is 276 g/mol. The summed E-state index contributed by atoms with van der Waals surface area (Å²) in [7, 11) is 0. The van der Waals surface area contributed by atoms with E-state index in [1.165, 1.54) is 25.7 Å². The average Bonchev–Trinajstić information content (AvgIpc) is 3.24. The van der Waals surface area contributed by atoms with Gasteiger partial charge in [0, 0.05) is 12.2 Å². The number of H-pyrrole nitrogens is 1. The molecule has 1 aromatic rings. The number of aromatic carboxylic acids is 1. The summed E-state index contributed by atoms with van der Waals surface area (Å²) >= 11 is 0. The number of carbonyl (C=O) groups excluding carboxylic acids is 1. The maximum atomic E-state index is 12.3. The lowest BCUT2D eigenvalue weighted by Crippen LogP contribution is -2.31. The van der Waals surface area contributed by atoms with Gasteiger partial charge in [-0.25, -0.2) is 4.79 Å². The van der Waals surface area contributed by atoms with Gasteiger partial charge in [-0.15, -0.1) is 0 Å². The van der Waals surface area contributed by atoms with Crippen molar-refractivity contribution in [1.29, 1.82) is 0 Å². The maximum absolute atomic E-state index is 12.3. The van der Waals surface area contributed by atoms with Crippen molar-refractivity contribution >= 4 is 11.9 Å². The number of carbonyl (C=O) groups is 2. The molecule has 2 saturated carbocycles. The Balaban J connectivity index is 1.72. The molecule has 5 nitrogen and oxygen atoms in total. The first kappa shape index (κ1) is 13.2. The number of hydrogen-bond donors (Lipinski definition) is 3. The summed E-state index contributed by atoms with van der Waals surface area (Å²) in [4.78, 5) is 26.2. The van der Waals surface area contributed by atoms with Crippen LogP contribution in [0.1, 0.15) is 57.8 Å². The summed E-state index contributed by atoms with van der Waals surface area (Å²) in [6.07, 6.45) is 5.01. The van der Waals surface area contributed by atoms with E-state index in [4.69, 9.17) is 5.11 Å². The third-order valence-corrected chi connectivity index (χ3v) is 4.82. The van der Waals surface area contributed by atoms with Crippen LogP contribution >= 0.6 is 0 Å². The largest absolute Gasteiger partial charge is 0.477 e. The van der Waals surface area contributed by atoms with E-state index in [1.54, 1.807) is 13.8 Å². The molecule has 1 amide bonds. The van der Waals surface area contributed by atoms with Crippen molar-refractivity contribution in [2.24, 2.45) is 11.3 Å². The Labute approximate surface area is 117 Å². The van der Waals surface area contributed by atoms with Crippen LogP contribution in [0.15, 0.2) is 0 Å². The summed E-state index contributed by atoms with van der Waals surface area (Å²) in [5.41, 5.74) is 2.08. The minimum absolute atomic E-state index is 0.107. The number of hydrogen-bond acceptors (Lipinski definition) is 2. The van der Waals surface area contributed by atoms with Crippen LogP contribution in [0.3, 0.4) is 0 Å². The van der Waals surface area contributed by atoms with E-state index in [0.717, 1.165) is 12.5 Å². The molecule has 0 aliphatic heterocycles. The monoisotopic (exact) mass is 276 g/mol. The highest BCUT2D eigenvalue weighted by atomic mass is 16.4. The second-order valence-corrected chi connectivity index (χ2v) is 6.25. The molecule has 20 heavy (non-hydrogen) atoms. The summed E-state index contributed by atoms with van der Waals surface area (Å²) in [6, 6.07) is 0. The predicted octanol–water partition coefficient (Wildman–Crippen LogP) is 2.25. The molecule has 108 valence electrons. The molecule has 1 aromatic heterocycles. The van der Waals surface area contributed by atoms with Crippen LogP contribution in [-0.4, -0.2) is 28.5 Å². The van der Waals surface area contributed by atoms with Crippen molar-refractivity contribution in [3.05, 3.63) is 22.5 Å². The fraction of sp³-hybridized carbons (Fsp3) is 0.600. The lowest BCUT2D eigenvalue weighted by atomic mass is 10.0. The van der Waals surface area contributed by atoms with E-state index in [-0.39, 0.29) is 11.6 Å². The highest BCUT2D eigenvalue weighted by molar-refractivity contribution is 6.00. The Morgan fingerprint density at radius 3 is 2.45 bits per heavy atom. The SMILES string of the molecule is Cc1[nH]c(C(=O)O)c(C)c1C(=O)NCC1(C2CC2)CC1. The molecule has 5 heteroatoms. The first-order chi connectivity index (χ1) is 9.44. The molecule has 3 rings (SSSR count). The number of nitrogens with one attached hydrogen (secondary N) is 2. The van der Waals surface area contributed by atoms with Crippen LogP contribution in [0.2, 0.25) is 0 Å². The van der Waals surface area contributed by atoms with E-state index in [1.807, 2.05) is 0 Å². The first-order valence-corrected chi connectivity index (χ1v) is 7.15. The Kier molecular flexibility index (Phi) is 2.88. The number of carboxylic acid groups (broad SMARTS) is 1. The number of rotatable bonds is 5. The molecule has 0 saturated heterocycles. The molecule has 1 heterocycles. The Hall–Kier alpha value is -1.78. The van der Waals surface area contributed by atoms with Crippen LogP contribution in [0.5, 0.6) is 0 Å². The zero-order chi connectivity index (χ0) is 14.5. The van der Waals surface area contributed by atoms with Crippen molar-refractivity contribution in [2.45, 2.75) is 39.5 Å². The van der Waals surface area contributed by atoms with E-state index >= 15 is 0 Å². The molecule has 0 radical (unpaired) electrons. The quantitative estimate of drug-likeness (QED) is 0.771. The second kappa shape index (κ2) is 4.36. The lowest BCUT2D eigenvalue weighted by Gasteiger charge is -2.15. The lowest BCUT2D eigenvalue weighted by molar-refractivity contribution is 0.0690. The molecular weight excluding hydrogens is 256 g/mol. The van der Waals surface area contributed by atoms with E-state index in [2.05, 4.69) is 10.3 Å². The molecule has 2 aliphatic carbocycles. The number of aromatic nitrogens is 1. The topological polar surface area (TPSA) is 82.2 Å². The molecule has 0 unspecified atom stereocenters. The zero-order valence-electron chi connectivity index (χ0n) is 11.9. The van der Waals surface area contributed by atoms with Gasteiger partial charge in [0.25, 0.3) is 5.91 Å². The van der Waals surface area contributed by atoms with Gasteiger partial charge in [-0.1, -0.05) is 0 Å². The molecule has 0 spiro atoms. The second-order valence-electron chi connectivity index (χ2n) is 6.25. The highest BCUT2D eigenvalue weighted by Gasteiger charge is 2.53. The van der Waals surface area contributed by atoms with Crippen LogP contribution in [-0.2, 0) is 0 Å². The van der Waals surface area contributed by atoms with Gasteiger partial charge in [-0.05, 0) is 56.4 Å². The van der Waals surface area contributed by atoms with Crippen LogP contribution in [0.4, 0.5) is 0 Å². The van der Waals surface area contributed by atoms with Gasteiger partial charge in [0.05, 0.1) is 5.56 Å². The molecule has 2 aliphatic rings. The van der Waals surface area contributed by atoms with Gasteiger partial charge in [0.15, 0.2) is 0 Å². The van der Waals surface area contributed by atoms with E-state index in [0.29, 0.717) is 22.2 Å². The van der Waals surface area contributed by atoms with Gasteiger partial charge in [0.2, 0.25) is 0 Å². The van der Waals surface area contributed by atoms with Gasteiger partial charge in [-0.2, -0.15) is 0 Å². The number of carboxylic acids is 1. The smallest absolute Gasteiger partial charge is 0.352 e. The fourth-order valence-corrected chi connectivity index (χ4v) is 3.23. The molecule has 0 atom stereocenters. The van der Waals surface area contributed by atoms with Crippen molar-refractivity contribution in [3.63, 3.8) is 0 Å².